The zero-order valence-electron chi connectivity index (χ0n) is 17.1. The molecule has 0 radical (unpaired) electrons. The second kappa shape index (κ2) is 7.64. The lowest BCUT2D eigenvalue weighted by Crippen LogP contribution is -2.44. The highest BCUT2D eigenvalue weighted by Crippen LogP contribution is 2.37. The third kappa shape index (κ3) is 3.47. The van der Waals surface area contributed by atoms with Crippen molar-refractivity contribution < 1.29 is 13.9 Å². The number of rotatable bonds is 3. The molecule has 2 aliphatic rings. The number of amides is 1. The van der Waals surface area contributed by atoms with Crippen molar-refractivity contribution in [1.29, 1.82) is 0 Å². The molecular formula is C24H23N3O3S. The Balaban J connectivity index is 1.22. The fraction of sp³-hybridized carbons (Fsp3) is 0.375. The largest absolute Gasteiger partial charge is 0.463 e. The first-order chi connectivity index (χ1) is 15.2. The van der Waals surface area contributed by atoms with Gasteiger partial charge in [-0.15, -0.1) is 0 Å². The highest BCUT2D eigenvalue weighted by Gasteiger charge is 2.34. The summed E-state index contributed by atoms with van der Waals surface area (Å²) in [6, 6.07) is 9.44. The first-order valence-electron chi connectivity index (χ1n) is 10.9. The number of pyridine rings is 1. The molecular weight excluding hydrogens is 410 g/mol. The molecule has 7 heteroatoms. The summed E-state index contributed by atoms with van der Waals surface area (Å²) in [6.07, 6.45) is 9.66. The van der Waals surface area contributed by atoms with Gasteiger partial charge in [0.15, 0.2) is 5.65 Å². The minimum Gasteiger partial charge on any atom is -0.463 e. The Hall–Kier alpha value is -2.93. The van der Waals surface area contributed by atoms with Gasteiger partial charge in [0, 0.05) is 30.7 Å². The van der Waals surface area contributed by atoms with E-state index in [9.17, 15) is 4.79 Å². The number of benzene rings is 1. The number of likely N-dealkylation sites (tertiary alicyclic amines) is 1. The fourth-order valence-electron chi connectivity index (χ4n) is 5.09. The smallest absolute Gasteiger partial charge is 0.281 e. The predicted molar refractivity (Wildman–Crippen MR) is 120 cm³/mol. The predicted octanol–water partition coefficient (Wildman–Crippen LogP) is 5.88. The normalized spacial score (nSPS) is 21.4. The molecule has 3 aromatic heterocycles. The molecule has 1 saturated carbocycles. The van der Waals surface area contributed by atoms with Crippen LogP contribution in [0.5, 0.6) is 10.9 Å². The molecule has 4 heterocycles. The van der Waals surface area contributed by atoms with Crippen molar-refractivity contribution >= 4 is 38.6 Å². The van der Waals surface area contributed by atoms with Crippen LogP contribution in [0.15, 0.2) is 47.2 Å². The van der Waals surface area contributed by atoms with E-state index in [1.807, 2.05) is 35.2 Å². The third-order valence-corrected chi connectivity index (χ3v) is 7.59. The van der Waals surface area contributed by atoms with Crippen LogP contribution in [0, 0.1) is 11.8 Å². The Labute approximate surface area is 183 Å². The van der Waals surface area contributed by atoms with E-state index < -0.39 is 0 Å². The Kier molecular flexibility index (Phi) is 4.64. The maximum atomic E-state index is 13.2. The number of fused-ring (bicyclic) bond motifs is 3. The summed E-state index contributed by atoms with van der Waals surface area (Å²) in [6.45, 7) is 1.72. The summed E-state index contributed by atoms with van der Waals surface area (Å²) >= 11 is 1.45. The van der Waals surface area contributed by atoms with Crippen molar-refractivity contribution in [2.24, 2.45) is 11.8 Å². The van der Waals surface area contributed by atoms with Gasteiger partial charge in [0.25, 0.3) is 11.1 Å². The van der Waals surface area contributed by atoms with Crippen LogP contribution in [0.25, 0.3) is 21.3 Å². The highest BCUT2D eigenvalue weighted by molar-refractivity contribution is 7.20. The molecule has 0 bridgehead atoms. The lowest BCUT2D eigenvalue weighted by atomic mass is 9.75. The molecule has 31 heavy (non-hydrogen) atoms. The van der Waals surface area contributed by atoms with Crippen molar-refractivity contribution in [1.82, 2.24) is 14.9 Å². The van der Waals surface area contributed by atoms with Crippen molar-refractivity contribution in [2.75, 3.05) is 13.1 Å². The lowest BCUT2D eigenvalue weighted by Gasteiger charge is -2.41. The van der Waals surface area contributed by atoms with E-state index in [4.69, 9.17) is 9.15 Å². The van der Waals surface area contributed by atoms with Crippen molar-refractivity contribution in [2.45, 2.75) is 32.1 Å². The second-order valence-corrected chi connectivity index (χ2v) is 9.55. The number of thiazole rings is 1. The van der Waals surface area contributed by atoms with Gasteiger partial charge < -0.3 is 14.1 Å². The fourth-order valence-corrected chi connectivity index (χ4v) is 5.88. The number of aromatic nitrogens is 2. The van der Waals surface area contributed by atoms with E-state index in [0.29, 0.717) is 33.7 Å². The average molecular weight is 434 g/mol. The summed E-state index contributed by atoms with van der Waals surface area (Å²) in [4.78, 5) is 23.9. The molecule has 2 atom stereocenters. The van der Waals surface area contributed by atoms with Gasteiger partial charge in [-0.25, -0.2) is 4.98 Å². The maximum Gasteiger partial charge on any atom is 0.281 e. The van der Waals surface area contributed by atoms with Crippen LogP contribution in [0.4, 0.5) is 0 Å². The quantitative estimate of drug-likeness (QED) is 0.403. The summed E-state index contributed by atoms with van der Waals surface area (Å²) in [5.41, 5.74) is 1.96. The topological polar surface area (TPSA) is 68.5 Å². The Morgan fingerprint density at radius 2 is 2.06 bits per heavy atom. The van der Waals surface area contributed by atoms with Gasteiger partial charge in [-0.2, -0.15) is 4.98 Å². The molecule has 2 fully saturated rings. The minimum absolute atomic E-state index is 0.0775. The molecule has 0 N–H and O–H groups in total. The number of nitrogens with zero attached hydrogens (tertiary/aromatic N) is 3. The Bertz CT molecular complexity index is 1230. The lowest BCUT2D eigenvalue weighted by molar-refractivity contribution is 0.0522. The van der Waals surface area contributed by atoms with Crippen LogP contribution < -0.4 is 4.74 Å². The van der Waals surface area contributed by atoms with Gasteiger partial charge in [0.05, 0.1) is 10.3 Å². The van der Waals surface area contributed by atoms with Gasteiger partial charge in [0.2, 0.25) is 0 Å². The van der Waals surface area contributed by atoms with Crippen molar-refractivity contribution in [3.63, 3.8) is 0 Å². The van der Waals surface area contributed by atoms with Crippen molar-refractivity contribution in [3.05, 3.63) is 48.4 Å². The molecule has 1 aliphatic carbocycles. The summed E-state index contributed by atoms with van der Waals surface area (Å²) < 4.78 is 12.7. The van der Waals surface area contributed by atoms with E-state index in [-0.39, 0.29) is 5.91 Å². The van der Waals surface area contributed by atoms with Crippen LogP contribution in [0.1, 0.15) is 42.5 Å². The Morgan fingerprint density at radius 3 is 2.97 bits per heavy atom. The molecule has 6 nitrogen and oxygen atoms in total. The molecule has 1 aliphatic heterocycles. The summed E-state index contributed by atoms with van der Waals surface area (Å²) in [7, 11) is 0. The number of furan rings is 1. The molecule has 0 spiro atoms. The van der Waals surface area contributed by atoms with E-state index in [0.717, 1.165) is 35.5 Å². The SMILES string of the molecule is O=C(c1coc2cc(Oc3nc4ncccc4s3)ccc12)N1CCC2CCCCC2C1. The number of carbonyl (C=O) groups is 1. The summed E-state index contributed by atoms with van der Waals surface area (Å²) in [5, 5.41) is 1.36. The van der Waals surface area contributed by atoms with Gasteiger partial charge in [-0.1, -0.05) is 30.6 Å². The third-order valence-electron chi connectivity index (χ3n) is 6.71. The molecule has 1 amide bonds. The van der Waals surface area contributed by atoms with Gasteiger partial charge in [-0.3, -0.25) is 4.79 Å². The zero-order chi connectivity index (χ0) is 20.8. The van der Waals surface area contributed by atoms with Gasteiger partial charge in [-0.05, 0) is 48.9 Å². The number of carbonyl (C=O) groups excluding carboxylic acids is 1. The van der Waals surface area contributed by atoms with E-state index in [1.54, 1.807) is 12.5 Å². The average Bonchev–Trinajstić information content (AvgIpc) is 3.41. The van der Waals surface area contributed by atoms with E-state index in [1.165, 1.54) is 37.0 Å². The van der Waals surface area contributed by atoms with Crippen LogP contribution in [-0.2, 0) is 0 Å². The zero-order valence-corrected chi connectivity index (χ0v) is 17.9. The second-order valence-electron chi connectivity index (χ2n) is 8.56. The minimum atomic E-state index is 0.0775. The van der Waals surface area contributed by atoms with Crippen LogP contribution >= 0.6 is 11.3 Å². The molecule has 6 rings (SSSR count). The first kappa shape index (κ1) is 18.8. The molecule has 1 aromatic carbocycles. The number of hydrogen-bond acceptors (Lipinski definition) is 6. The molecule has 1 saturated heterocycles. The first-order valence-corrected chi connectivity index (χ1v) is 11.8. The van der Waals surface area contributed by atoms with Gasteiger partial charge in [0.1, 0.15) is 17.6 Å². The highest BCUT2D eigenvalue weighted by atomic mass is 32.1. The van der Waals surface area contributed by atoms with Crippen LogP contribution in [0.3, 0.4) is 0 Å². The molecule has 2 unspecified atom stereocenters. The van der Waals surface area contributed by atoms with Crippen LogP contribution in [-0.4, -0.2) is 33.9 Å². The molecule has 4 aromatic rings. The van der Waals surface area contributed by atoms with Crippen LogP contribution in [0.2, 0.25) is 0 Å². The van der Waals surface area contributed by atoms with E-state index in [2.05, 4.69) is 9.97 Å². The summed E-state index contributed by atoms with van der Waals surface area (Å²) in [5.74, 6) is 2.17. The van der Waals surface area contributed by atoms with Crippen molar-refractivity contribution in [3.8, 4) is 10.9 Å². The number of piperidine rings is 1. The number of hydrogen-bond donors (Lipinski definition) is 0. The maximum absolute atomic E-state index is 13.2. The molecule has 158 valence electrons. The monoisotopic (exact) mass is 433 g/mol. The van der Waals surface area contributed by atoms with Gasteiger partial charge >= 0.3 is 0 Å². The Morgan fingerprint density at radius 1 is 1.16 bits per heavy atom. The standard InChI is InChI=1S/C24H23N3O3S/c28-23(27-11-9-15-4-1-2-5-16(15)13-27)19-14-29-20-12-17(7-8-18(19)20)30-24-26-22-21(31-24)6-3-10-25-22/h3,6-8,10,12,14-16H,1-2,4-5,9,11,13H2. The van der Waals surface area contributed by atoms with E-state index >= 15 is 0 Å². The number of ether oxygens (including phenoxy) is 1.